The van der Waals surface area contributed by atoms with Gasteiger partial charge in [0.2, 0.25) is 11.8 Å². The van der Waals surface area contributed by atoms with Crippen LogP contribution in [0.5, 0.6) is 0 Å². The van der Waals surface area contributed by atoms with Gasteiger partial charge < -0.3 is 9.84 Å². The van der Waals surface area contributed by atoms with Crippen molar-refractivity contribution in [2.75, 3.05) is 16.8 Å². The summed E-state index contributed by atoms with van der Waals surface area (Å²) in [6, 6.07) is 9.52. The topological polar surface area (TPSA) is 75.4 Å². The van der Waals surface area contributed by atoms with E-state index < -0.39 is 5.92 Å². The summed E-state index contributed by atoms with van der Waals surface area (Å²) in [5.41, 5.74) is 2.01. The summed E-state index contributed by atoms with van der Waals surface area (Å²) >= 11 is 0. The highest BCUT2D eigenvalue weighted by Crippen LogP contribution is 2.27. The zero-order chi connectivity index (χ0) is 18.2. The third-order valence-electron chi connectivity index (χ3n) is 4.41. The van der Waals surface area contributed by atoms with Gasteiger partial charge in [-0.3, -0.25) is 14.5 Å². The second kappa shape index (κ2) is 6.35. The number of aryl methyl sites for hydroxylation is 1. The first-order chi connectivity index (χ1) is 11.7. The molecule has 2 heterocycles. The number of benzene rings is 1. The molecule has 1 N–H and O–H groups in total. The third kappa shape index (κ3) is 3.73. The molecule has 2 aromatic rings. The lowest BCUT2D eigenvalue weighted by Gasteiger charge is -2.19. The number of carbonyl (C=O) groups is 2. The van der Waals surface area contributed by atoms with Crippen molar-refractivity contribution in [3.05, 3.63) is 41.7 Å². The summed E-state index contributed by atoms with van der Waals surface area (Å²) in [5, 5.41) is 6.76. The number of hydrogen-bond acceptors (Lipinski definition) is 4. The maximum Gasteiger partial charge on any atom is 0.229 e. The minimum Gasteiger partial charge on any atom is -0.360 e. The van der Waals surface area contributed by atoms with Gasteiger partial charge >= 0.3 is 0 Å². The van der Waals surface area contributed by atoms with Crippen molar-refractivity contribution >= 4 is 23.3 Å². The van der Waals surface area contributed by atoms with Crippen LogP contribution in [0.25, 0.3) is 0 Å². The van der Waals surface area contributed by atoms with Crippen LogP contribution in [0.3, 0.4) is 0 Å². The minimum absolute atomic E-state index is 0.0661. The first kappa shape index (κ1) is 17.2. The minimum atomic E-state index is -0.396. The molecule has 1 aliphatic rings. The van der Waals surface area contributed by atoms with Crippen LogP contribution in [-0.2, 0) is 15.0 Å². The summed E-state index contributed by atoms with van der Waals surface area (Å²) in [6.07, 6.45) is 0.178. The Morgan fingerprint density at radius 3 is 2.52 bits per heavy atom. The molecule has 1 atom stereocenters. The lowest BCUT2D eigenvalue weighted by molar-refractivity contribution is -0.122. The molecule has 1 aromatic carbocycles. The lowest BCUT2D eigenvalue weighted by atomic mass is 9.87. The molecule has 6 heteroatoms. The fourth-order valence-corrected chi connectivity index (χ4v) is 2.88. The molecule has 1 aliphatic heterocycles. The molecule has 2 amide bonds. The zero-order valence-corrected chi connectivity index (χ0v) is 15.0. The molecular formula is C19H23N3O3. The molecule has 25 heavy (non-hydrogen) atoms. The van der Waals surface area contributed by atoms with Gasteiger partial charge in [0.15, 0.2) is 5.82 Å². The molecule has 1 fully saturated rings. The van der Waals surface area contributed by atoms with Crippen molar-refractivity contribution in [3.8, 4) is 0 Å². The number of nitrogens with one attached hydrogen (secondary N) is 1. The number of aromatic nitrogens is 1. The van der Waals surface area contributed by atoms with Gasteiger partial charge in [0.25, 0.3) is 0 Å². The van der Waals surface area contributed by atoms with Gasteiger partial charge in [-0.05, 0) is 30.0 Å². The predicted octanol–water partition coefficient (Wildman–Crippen LogP) is 3.27. The fraction of sp³-hybridized carbons (Fsp3) is 0.421. The summed E-state index contributed by atoms with van der Waals surface area (Å²) in [7, 11) is 0. The molecule has 1 unspecified atom stereocenters. The molecule has 6 nitrogen and oxygen atoms in total. The van der Waals surface area contributed by atoms with Crippen LogP contribution in [0.15, 0.2) is 34.9 Å². The van der Waals surface area contributed by atoms with Gasteiger partial charge in [0, 0.05) is 24.7 Å². The monoisotopic (exact) mass is 341 g/mol. The van der Waals surface area contributed by atoms with Gasteiger partial charge in [0.05, 0.1) is 5.92 Å². The third-order valence-corrected chi connectivity index (χ3v) is 4.41. The lowest BCUT2D eigenvalue weighted by Crippen LogP contribution is -2.28. The van der Waals surface area contributed by atoms with Crippen molar-refractivity contribution in [3.63, 3.8) is 0 Å². The van der Waals surface area contributed by atoms with Gasteiger partial charge in [-0.2, -0.15) is 0 Å². The molecule has 0 radical (unpaired) electrons. The second-order valence-electron chi connectivity index (χ2n) is 7.52. The standard InChI is InChI=1S/C19H23N3O3/c1-12-9-16(21-25-12)22-11-13(10-17(22)23)18(24)20-15-7-5-14(6-8-15)19(2,3)4/h5-9,13H,10-11H2,1-4H3,(H,20,24). The normalized spacial score (nSPS) is 17.8. The molecule has 0 saturated carbocycles. The van der Waals surface area contributed by atoms with Crippen LogP contribution >= 0.6 is 0 Å². The summed E-state index contributed by atoms with van der Waals surface area (Å²) < 4.78 is 5.01. The first-order valence-electron chi connectivity index (χ1n) is 8.39. The molecular weight excluding hydrogens is 318 g/mol. The Morgan fingerprint density at radius 1 is 1.28 bits per heavy atom. The number of nitrogens with zero attached hydrogens (tertiary/aromatic N) is 2. The highest BCUT2D eigenvalue weighted by Gasteiger charge is 2.36. The molecule has 0 spiro atoms. The summed E-state index contributed by atoms with van der Waals surface area (Å²) in [6.45, 7) is 8.51. The average Bonchev–Trinajstić information content (AvgIpc) is 3.12. The summed E-state index contributed by atoms with van der Waals surface area (Å²) in [4.78, 5) is 26.2. The van der Waals surface area contributed by atoms with E-state index in [2.05, 4.69) is 31.2 Å². The Balaban J connectivity index is 1.65. The Labute approximate surface area is 147 Å². The SMILES string of the molecule is Cc1cc(N2CC(C(=O)Nc3ccc(C(C)(C)C)cc3)CC2=O)no1. The van der Waals surface area contributed by atoms with Gasteiger partial charge in [0.1, 0.15) is 5.76 Å². The van der Waals surface area contributed by atoms with Gasteiger partial charge in [-0.1, -0.05) is 38.1 Å². The van der Waals surface area contributed by atoms with E-state index >= 15 is 0 Å². The van der Waals surface area contributed by atoms with Gasteiger partial charge in [-0.25, -0.2) is 0 Å². The fourth-order valence-electron chi connectivity index (χ4n) is 2.88. The van der Waals surface area contributed by atoms with Gasteiger partial charge in [-0.15, -0.1) is 0 Å². The van der Waals surface area contributed by atoms with E-state index in [9.17, 15) is 9.59 Å². The predicted molar refractivity (Wildman–Crippen MR) is 95.5 cm³/mol. The number of amides is 2. The van der Waals surface area contributed by atoms with E-state index in [-0.39, 0.29) is 23.7 Å². The van der Waals surface area contributed by atoms with Crippen molar-refractivity contribution in [2.24, 2.45) is 5.92 Å². The maximum absolute atomic E-state index is 12.5. The Kier molecular flexibility index (Phi) is 4.37. The molecule has 1 saturated heterocycles. The molecule has 1 aromatic heterocycles. The van der Waals surface area contributed by atoms with Crippen molar-refractivity contribution in [1.29, 1.82) is 0 Å². The number of anilines is 2. The smallest absolute Gasteiger partial charge is 0.229 e. The van der Waals surface area contributed by atoms with Crippen LogP contribution in [0.1, 0.15) is 38.5 Å². The number of hydrogen-bond donors (Lipinski definition) is 1. The van der Waals surface area contributed by atoms with Crippen molar-refractivity contribution in [1.82, 2.24) is 5.16 Å². The van der Waals surface area contributed by atoms with Crippen LogP contribution in [-0.4, -0.2) is 23.5 Å². The van der Waals surface area contributed by atoms with E-state index in [4.69, 9.17) is 4.52 Å². The largest absolute Gasteiger partial charge is 0.360 e. The Hall–Kier alpha value is -2.63. The molecule has 0 aliphatic carbocycles. The van der Waals surface area contributed by atoms with Crippen molar-refractivity contribution in [2.45, 2.75) is 39.5 Å². The highest BCUT2D eigenvalue weighted by molar-refractivity contribution is 6.03. The quantitative estimate of drug-likeness (QED) is 0.929. The van der Waals surface area contributed by atoms with E-state index in [1.165, 1.54) is 10.5 Å². The second-order valence-corrected chi connectivity index (χ2v) is 7.52. The van der Waals surface area contributed by atoms with E-state index in [1.54, 1.807) is 13.0 Å². The Bertz CT molecular complexity index is 787. The number of rotatable bonds is 3. The zero-order valence-electron chi connectivity index (χ0n) is 15.0. The maximum atomic E-state index is 12.5. The molecule has 3 rings (SSSR count). The average molecular weight is 341 g/mol. The highest BCUT2D eigenvalue weighted by atomic mass is 16.5. The number of carbonyl (C=O) groups excluding carboxylic acids is 2. The molecule has 0 bridgehead atoms. The summed E-state index contributed by atoms with van der Waals surface area (Å²) in [5.74, 6) is 0.435. The van der Waals surface area contributed by atoms with Crippen LogP contribution < -0.4 is 10.2 Å². The van der Waals surface area contributed by atoms with Crippen LogP contribution in [0, 0.1) is 12.8 Å². The first-order valence-corrected chi connectivity index (χ1v) is 8.39. The van der Waals surface area contributed by atoms with Crippen LogP contribution in [0.4, 0.5) is 11.5 Å². The van der Waals surface area contributed by atoms with Crippen LogP contribution in [0.2, 0.25) is 0 Å². The van der Waals surface area contributed by atoms with E-state index in [0.717, 1.165) is 5.69 Å². The Morgan fingerprint density at radius 2 is 1.96 bits per heavy atom. The van der Waals surface area contributed by atoms with E-state index in [1.807, 2.05) is 24.3 Å². The van der Waals surface area contributed by atoms with Crippen molar-refractivity contribution < 1.29 is 14.1 Å². The molecule has 132 valence electrons. The van der Waals surface area contributed by atoms with E-state index in [0.29, 0.717) is 18.1 Å².